The summed E-state index contributed by atoms with van der Waals surface area (Å²) in [7, 11) is 0. The fourth-order valence-electron chi connectivity index (χ4n) is 3.70. The van der Waals surface area contributed by atoms with Crippen LogP contribution in [0.15, 0.2) is 30.9 Å². The number of ether oxygens (including phenoxy) is 1. The quantitative estimate of drug-likeness (QED) is 0.731. The third-order valence-electron chi connectivity index (χ3n) is 5.17. The van der Waals surface area contributed by atoms with Crippen LogP contribution in [0, 0.1) is 6.92 Å². The van der Waals surface area contributed by atoms with Crippen molar-refractivity contribution in [2.75, 3.05) is 6.61 Å². The van der Waals surface area contributed by atoms with E-state index in [4.69, 9.17) is 4.74 Å². The van der Waals surface area contributed by atoms with Gasteiger partial charge in [-0.15, -0.1) is 0 Å². The normalized spacial score (nSPS) is 19.6. The first-order valence-corrected chi connectivity index (χ1v) is 9.70. The number of pyridine rings is 1. The molecule has 1 N–H and O–H groups in total. The zero-order valence-corrected chi connectivity index (χ0v) is 16.1. The minimum absolute atomic E-state index is 0.144. The van der Waals surface area contributed by atoms with Gasteiger partial charge in [-0.1, -0.05) is 0 Å². The average Bonchev–Trinajstić information content (AvgIpc) is 3.07. The van der Waals surface area contributed by atoms with Crippen LogP contribution in [-0.2, 0) is 4.74 Å². The van der Waals surface area contributed by atoms with Crippen LogP contribution in [0.2, 0.25) is 0 Å². The Kier molecular flexibility index (Phi) is 5.29. The summed E-state index contributed by atoms with van der Waals surface area (Å²) in [6, 6.07) is 2.09. The van der Waals surface area contributed by atoms with Gasteiger partial charge in [-0.25, -0.2) is 9.97 Å². The largest absolute Gasteiger partial charge is 0.379 e. The Balaban J connectivity index is 1.44. The maximum Gasteiger partial charge on any atom is 0.254 e. The molecule has 0 radical (unpaired) electrons. The average molecular weight is 380 g/mol. The zero-order valence-electron chi connectivity index (χ0n) is 16.1. The first kappa shape index (κ1) is 18.5. The summed E-state index contributed by atoms with van der Waals surface area (Å²) in [4.78, 5) is 25.4. The molecule has 4 rings (SSSR count). The summed E-state index contributed by atoms with van der Waals surface area (Å²) in [5.41, 5.74) is 2.16. The molecule has 1 aliphatic rings. The van der Waals surface area contributed by atoms with Gasteiger partial charge in [0.1, 0.15) is 0 Å². The fraction of sp³-hybridized carbons (Fsp3) is 0.450. The fourth-order valence-corrected chi connectivity index (χ4v) is 3.70. The van der Waals surface area contributed by atoms with E-state index in [1.165, 1.54) is 0 Å². The number of amides is 1. The number of nitrogens with one attached hydrogen (secondary N) is 1. The monoisotopic (exact) mass is 380 g/mol. The molecule has 3 aromatic rings. The highest BCUT2D eigenvalue weighted by Gasteiger charge is 2.23. The number of rotatable bonds is 5. The van der Waals surface area contributed by atoms with Gasteiger partial charge in [-0.05, 0) is 45.6 Å². The summed E-state index contributed by atoms with van der Waals surface area (Å²) >= 11 is 0. The van der Waals surface area contributed by atoms with E-state index >= 15 is 0 Å². The van der Waals surface area contributed by atoms with Crippen molar-refractivity contribution >= 4 is 16.8 Å². The van der Waals surface area contributed by atoms with Crippen LogP contribution < -0.4 is 5.32 Å². The zero-order chi connectivity index (χ0) is 19.5. The SMILES string of the molecule is CCOC1CCC(NC(=O)c2cnc(-n3nc(C)c4ccncc43)nc2)CC1. The molecule has 0 aliphatic heterocycles. The van der Waals surface area contributed by atoms with Gasteiger partial charge in [-0.2, -0.15) is 9.78 Å². The molecule has 28 heavy (non-hydrogen) atoms. The molecule has 1 saturated carbocycles. The molecule has 0 spiro atoms. The predicted molar refractivity (Wildman–Crippen MR) is 104 cm³/mol. The van der Waals surface area contributed by atoms with E-state index < -0.39 is 0 Å². The van der Waals surface area contributed by atoms with E-state index in [9.17, 15) is 4.79 Å². The molecule has 1 fully saturated rings. The molecule has 0 bridgehead atoms. The van der Waals surface area contributed by atoms with Crippen LogP contribution in [0.5, 0.6) is 0 Å². The van der Waals surface area contributed by atoms with Gasteiger partial charge >= 0.3 is 0 Å². The summed E-state index contributed by atoms with van der Waals surface area (Å²) in [6.07, 6.45) is 10.7. The standard InChI is InChI=1S/C20H24N6O2/c1-3-28-16-6-4-15(5-7-16)24-19(27)14-10-22-20(23-11-14)26-18-12-21-9-8-17(18)13(2)25-26/h8-12,15-16H,3-7H2,1-2H3,(H,24,27). The molecule has 8 nitrogen and oxygen atoms in total. The van der Waals surface area contributed by atoms with Crippen molar-refractivity contribution in [2.24, 2.45) is 0 Å². The van der Waals surface area contributed by atoms with E-state index in [-0.39, 0.29) is 11.9 Å². The van der Waals surface area contributed by atoms with Crippen molar-refractivity contribution < 1.29 is 9.53 Å². The Labute approximate surface area is 163 Å². The molecule has 8 heteroatoms. The van der Waals surface area contributed by atoms with Crippen LogP contribution in [0.1, 0.15) is 48.7 Å². The summed E-state index contributed by atoms with van der Waals surface area (Å²) in [6.45, 7) is 4.69. The van der Waals surface area contributed by atoms with Gasteiger partial charge in [-0.3, -0.25) is 9.78 Å². The summed E-state index contributed by atoms with van der Waals surface area (Å²) in [5, 5.41) is 8.58. The minimum atomic E-state index is -0.144. The molecule has 0 aromatic carbocycles. The lowest BCUT2D eigenvalue weighted by Gasteiger charge is -2.28. The number of aryl methyl sites for hydroxylation is 1. The van der Waals surface area contributed by atoms with Crippen molar-refractivity contribution in [3.63, 3.8) is 0 Å². The Hall–Kier alpha value is -2.87. The molecular formula is C20H24N6O2. The van der Waals surface area contributed by atoms with Crippen molar-refractivity contribution in [2.45, 2.75) is 51.7 Å². The number of hydrogen-bond acceptors (Lipinski definition) is 6. The van der Waals surface area contributed by atoms with E-state index in [0.717, 1.165) is 48.9 Å². The Morgan fingerprint density at radius 3 is 2.68 bits per heavy atom. The first-order chi connectivity index (χ1) is 13.7. The second-order valence-electron chi connectivity index (χ2n) is 7.06. The number of hydrogen-bond donors (Lipinski definition) is 1. The number of fused-ring (bicyclic) bond motifs is 1. The Bertz CT molecular complexity index is 960. The molecule has 1 amide bonds. The number of carbonyl (C=O) groups is 1. The van der Waals surface area contributed by atoms with Gasteiger partial charge in [0.25, 0.3) is 11.9 Å². The molecule has 3 heterocycles. The maximum atomic E-state index is 12.5. The highest BCUT2D eigenvalue weighted by atomic mass is 16.5. The molecule has 3 aromatic heterocycles. The lowest BCUT2D eigenvalue weighted by Crippen LogP contribution is -2.39. The van der Waals surface area contributed by atoms with Crippen molar-refractivity contribution in [3.05, 3.63) is 42.1 Å². The van der Waals surface area contributed by atoms with Gasteiger partial charge in [0.15, 0.2) is 0 Å². The van der Waals surface area contributed by atoms with Crippen molar-refractivity contribution in [1.82, 2.24) is 30.0 Å². The summed E-state index contributed by atoms with van der Waals surface area (Å²) < 4.78 is 7.31. The van der Waals surface area contributed by atoms with Crippen LogP contribution >= 0.6 is 0 Å². The molecule has 0 atom stereocenters. The second-order valence-corrected chi connectivity index (χ2v) is 7.06. The van der Waals surface area contributed by atoms with Crippen molar-refractivity contribution in [1.29, 1.82) is 0 Å². The third kappa shape index (κ3) is 3.73. The first-order valence-electron chi connectivity index (χ1n) is 9.70. The van der Waals surface area contributed by atoms with Gasteiger partial charge in [0.05, 0.1) is 29.1 Å². The minimum Gasteiger partial charge on any atom is -0.379 e. The van der Waals surface area contributed by atoms with Crippen LogP contribution in [0.25, 0.3) is 16.9 Å². The van der Waals surface area contributed by atoms with Crippen LogP contribution in [0.4, 0.5) is 0 Å². The van der Waals surface area contributed by atoms with E-state index in [2.05, 4.69) is 25.4 Å². The third-order valence-corrected chi connectivity index (χ3v) is 5.17. The second kappa shape index (κ2) is 8.02. The molecule has 146 valence electrons. The lowest BCUT2D eigenvalue weighted by atomic mass is 9.93. The summed E-state index contributed by atoms with van der Waals surface area (Å²) in [5.74, 6) is 0.273. The Morgan fingerprint density at radius 2 is 1.96 bits per heavy atom. The lowest BCUT2D eigenvalue weighted by molar-refractivity contribution is 0.0300. The van der Waals surface area contributed by atoms with Crippen LogP contribution in [-0.4, -0.2) is 49.4 Å². The van der Waals surface area contributed by atoms with Gasteiger partial charge < -0.3 is 10.1 Å². The number of nitrogens with zero attached hydrogens (tertiary/aromatic N) is 5. The number of carbonyl (C=O) groups excluding carboxylic acids is 1. The van der Waals surface area contributed by atoms with Gasteiger partial charge in [0, 0.05) is 36.6 Å². The van der Waals surface area contributed by atoms with E-state index in [0.29, 0.717) is 17.6 Å². The van der Waals surface area contributed by atoms with E-state index in [1.54, 1.807) is 29.5 Å². The molecule has 0 saturated heterocycles. The number of aromatic nitrogens is 5. The highest BCUT2D eigenvalue weighted by Crippen LogP contribution is 2.22. The predicted octanol–water partition coefficient (Wildman–Crippen LogP) is 2.60. The molecule has 0 unspecified atom stereocenters. The molecule has 1 aliphatic carbocycles. The maximum absolute atomic E-state index is 12.5. The highest BCUT2D eigenvalue weighted by molar-refractivity contribution is 5.93. The van der Waals surface area contributed by atoms with Crippen molar-refractivity contribution in [3.8, 4) is 5.95 Å². The molecular weight excluding hydrogens is 356 g/mol. The Morgan fingerprint density at radius 1 is 1.21 bits per heavy atom. The topological polar surface area (TPSA) is 94.8 Å². The van der Waals surface area contributed by atoms with Gasteiger partial charge in [0.2, 0.25) is 0 Å². The smallest absolute Gasteiger partial charge is 0.254 e. The van der Waals surface area contributed by atoms with E-state index in [1.807, 2.05) is 19.9 Å². The van der Waals surface area contributed by atoms with Crippen LogP contribution in [0.3, 0.4) is 0 Å².